The standard InChI is InChI=1S/C18H21NO3/c1-19-8-7-18-11-4-5-13(20)17(18)22-16-14(21-2)6-3-10(15(16)18)9-12(11)19/h3,6,11-12,17H,4-5,7-9H2,1-2H3/t11-,12+,17?,18-/m0/s1/i2D3,3D,5D2,6D,9D2,11D,12D,17D. The Labute approximate surface area is 147 Å². The van der Waals surface area contributed by atoms with Gasteiger partial charge in [0, 0.05) is 31.6 Å². The van der Waals surface area contributed by atoms with E-state index in [0.29, 0.717) is 0 Å². The van der Waals surface area contributed by atoms with Crippen molar-refractivity contribution in [3.05, 3.63) is 23.2 Å². The van der Waals surface area contributed by atoms with E-state index in [9.17, 15) is 7.54 Å². The number of hydrogen-bond acceptors (Lipinski definition) is 4. The van der Waals surface area contributed by atoms with E-state index < -0.39 is 84.5 Å². The zero-order valence-corrected chi connectivity index (χ0v) is 11.8. The lowest BCUT2D eigenvalue weighted by atomic mass is 9.52. The first-order valence-electron chi connectivity index (χ1n) is 13.1. The Balaban J connectivity index is 2.02. The Bertz CT molecular complexity index is 1170. The number of likely N-dealkylation sites (tertiary alicyclic amines) is 1. The predicted octanol–water partition coefficient (Wildman–Crippen LogP) is 1.93. The van der Waals surface area contributed by atoms with Crippen LogP contribution in [0.4, 0.5) is 0 Å². The third-order valence-corrected chi connectivity index (χ3v) is 4.99. The van der Waals surface area contributed by atoms with E-state index in [1.54, 1.807) is 0 Å². The van der Waals surface area contributed by atoms with Gasteiger partial charge in [0.2, 0.25) is 0 Å². The highest BCUT2D eigenvalue weighted by atomic mass is 16.5. The second-order valence-corrected chi connectivity index (χ2v) is 5.90. The van der Waals surface area contributed by atoms with Gasteiger partial charge in [-0.1, -0.05) is 6.04 Å². The van der Waals surface area contributed by atoms with Crippen LogP contribution >= 0.6 is 0 Å². The Morgan fingerprint density at radius 2 is 2.55 bits per heavy atom. The van der Waals surface area contributed by atoms with Crippen molar-refractivity contribution >= 4 is 5.78 Å². The maximum Gasteiger partial charge on any atom is 0.174 e. The average Bonchev–Trinajstić information content (AvgIpc) is 2.95. The Kier molecular flexibility index (Phi) is 1.07. The lowest BCUT2D eigenvalue weighted by Crippen LogP contribution is -2.65. The van der Waals surface area contributed by atoms with Gasteiger partial charge in [-0.3, -0.25) is 4.79 Å². The molecule has 4 heteroatoms. The van der Waals surface area contributed by atoms with Crippen molar-refractivity contribution in [3.63, 3.8) is 0 Å². The van der Waals surface area contributed by atoms with E-state index in [1.165, 1.54) is 11.9 Å². The van der Waals surface area contributed by atoms with Crippen LogP contribution in [0.15, 0.2) is 12.1 Å². The molecule has 2 aliphatic heterocycles. The van der Waals surface area contributed by atoms with Crippen molar-refractivity contribution in [2.45, 2.75) is 43.1 Å². The zero-order chi connectivity index (χ0) is 25.7. The molecule has 1 aromatic rings. The molecular formula is C18H21NO3. The van der Waals surface area contributed by atoms with Gasteiger partial charge >= 0.3 is 0 Å². The van der Waals surface area contributed by atoms with Crippen LogP contribution in [-0.2, 0) is 16.6 Å². The maximum absolute atomic E-state index is 13.4. The van der Waals surface area contributed by atoms with E-state index in [1.807, 2.05) is 0 Å². The van der Waals surface area contributed by atoms with E-state index >= 15 is 0 Å². The molecule has 2 fully saturated rings. The summed E-state index contributed by atoms with van der Waals surface area (Å²) < 4.78 is 112. The largest absolute Gasteiger partial charge is 0.493 e. The minimum Gasteiger partial charge on any atom is -0.493 e. The average molecular weight is 311 g/mol. The van der Waals surface area contributed by atoms with E-state index in [0.717, 1.165) is 0 Å². The van der Waals surface area contributed by atoms with Crippen LogP contribution in [0.2, 0.25) is 0 Å². The minimum absolute atomic E-state index is 0.0613. The smallest absolute Gasteiger partial charge is 0.174 e. The first-order chi connectivity index (χ1) is 15.2. The number of ether oxygens (including phenoxy) is 2. The van der Waals surface area contributed by atoms with Gasteiger partial charge < -0.3 is 14.4 Å². The number of nitrogens with zero attached hydrogens (tertiary/aromatic N) is 1. The van der Waals surface area contributed by atoms with Gasteiger partial charge in [0.05, 0.1) is 15.3 Å². The topological polar surface area (TPSA) is 38.8 Å². The number of rotatable bonds is 1. The molecule has 4 atom stereocenters. The van der Waals surface area contributed by atoms with E-state index in [4.69, 9.17) is 23.2 Å². The van der Waals surface area contributed by atoms with E-state index in [-0.39, 0.29) is 18.5 Å². The number of carbonyl (C=O) groups is 1. The van der Waals surface area contributed by atoms with Gasteiger partial charge in [0.25, 0.3) is 0 Å². The molecule has 1 saturated carbocycles. The normalized spacial score (nSPS) is 61.6. The number of methoxy groups -OCH3 is 1. The minimum atomic E-state index is -3.13. The molecule has 1 spiro atoms. The van der Waals surface area contributed by atoms with Crippen molar-refractivity contribution < 1.29 is 30.7 Å². The van der Waals surface area contributed by atoms with Gasteiger partial charge in [-0.15, -0.1) is 0 Å². The van der Waals surface area contributed by atoms with Crippen molar-refractivity contribution in [1.82, 2.24) is 4.90 Å². The summed E-state index contributed by atoms with van der Waals surface area (Å²) in [7, 11) is -1.75. The van der Waals surface area contributed by atoms with Crippen molar-refractivity contribution in [2.24, 2.45) is 5.89 Å². The summed E-state index contributed by atoms with van der Waals surface area (Å²) in [6, 6.07) is -4.25. The molecule has 4 aliphatic rings. The van der Waals surface area contributed by atoms with Gasteiger partial charge in [-0.05, 0) is 50.3 Å². The lowest BCUT2D eigenvalue weighted by Gasteiger charge is -2.57. The molecule has 2 bridgehead atoms. The Morgan fingerprint density at radius 3 is 3.41 bits per heavy atom. The lowest BCUT2D eigenvalue weighted by molar-refractivity contribution is -0.138. The van der Waals surface area contributed by atoms with Crippen LogP contribution in [0.25, 0.3) is 0 Å². The number of carbonyl (C=O) groups excluding carboxylic acids is 1. The predicted molar refractivity (Wildman–Crippen MR) is 81.6 cm³/mol. The Hall–Kier alpha value is -1.55. The zero-order valence-electron chi connectivity index (χ0n) is 23.8. The molecule has 1 aromatic carbocycles. The second kappa shape index (κ2) is 4.05. The first-order valence-corrected chi connectivity index (χ1v) is 7.07. The molecule has 0 aromatic heterocycles. The number of benzene rings is 1. The molecule has 0 N–H and O–H groups in total. The fourth-order valence-corrected chi connectivity index (χ4v) is 4.01. The van der Waals surface area contributed by atoms with Crippen LogP contribution < -0.4 is 9.47 Å². The van der Waals surface area contributed by atoms with Crippen LogP contribution in [0, 0.1) is 5.89 Å². The van der Waals surface area contributed by atoms with Crippen LogP contribution in [0.5, 0.6) is 11.5 Å². The summed E-state index contributed by atoms with van der Waals surface area (Å²) in [6.07, 6.45) is -9.69. The number of piperidine rings is 1. The van der Waals surface area contributed by atoms with Gasteiger partial charge in [-0.2, -0.15) is 0 Å². The van der Waals surface area contributed by atoms with Crippen LogP contribution in [-0.4, -0.2) is 43.4 Å². The summed E-state index contributed by atoms with van der Waals surface area (Å²) in [4.78, 5) is 14.6. The summed E-state index contributed by atoms with van der Waals surface area (Å²) in [5, 5.41) is 0. The van der Waals surface area contributed by atoms with Crippen molar-refractivity contribution in [3.8, 4) is 11.5 Å². The number of ketones is 1. The SMILES string of the molecule is [2H]c1c([2H])c2c3c(c1OC([2H])([2H])[2H])OC1([2H])C(=O)C([2H])([2H])C[C@]4([2H])[C@@]31CCN(C)[C@]4([2H])C2([2H])[2H]. The van der Waals surface area contributed by atoms with Crippen molar-refractivity contribution in [1.29, 1.82) is 0 Å². The molecule has 1 unspecified atom stereocenters. The third-order valence-electron chi connectivity index (χ3n) is 4.99. The molecule has 2 aliphatic carbocycles. The molecule has 4 nitrogen and oxygen atoms in total. The number of likely N-dealkylation sites (N-methyl/N-ethyl adjacent to an activating group) is 1. The summed E-state index contributed by atoms with van der Waals surface area (Å²) in [5.41, 5.74) is -2.97. The first kappa shape index (κ1) is 5.82. The summed E-state index contributed by atoms with van der Waals surface area (Å²) in [6.45, 7) is -0.0613. The second-order valence-electron chi connectivity index (χ2n) is 5.90. The van der Waals surface area contributed by atoms with Gasteiger partial charge in [0.1, 0.15) is 0 Å². The maximum atomic E-state index is 13.4. The fourth-order valence-electron chi connectivity index (χ4n) is 4.01. The molecule has 22 heavy (non-hydrogen) atoms. The summed E-state index contributed by atoms with van der Waals surface area (Å²) in [5.74, 6) is -5.25. The molecule has 0 amide bonds. The van der Waals surface area contributed by atoms with Crippen LogP contribution in [0.1, 0.15) is 46.8 Å². The highest BCUT2D eigenvalue weighted by molar-refractivity contribution is 5.89. The Morgan fingerprint density at radius 1 is 1.64 bits per heavy atom. The van der Waals surface area contributed by atoms with Gasteiger partial charge in [-0.25, -0.2) is 0 Å². The third kappa shape index (κ3) is 1.27. The van der Waals surface area contributed by atoms with Crippen molar-refractivity contribution in [2.75, 3.05) is 20.6 Å². The highest BCUT2D eigenvalue weighted by Gasteiger charge is 2.65. The molecule has 5 rings (SSSR count). The fraction of sp³-hybridized carbons (Fsp3) is 0.611. The summed E-state index contributed by atoms with van der Waals surface area (Å²) >= 11 is 0. The molecular weight excluding hydrogens is 278 g/mol. The van der Waals surface area contributed by atoms with Gasteiger partial charge in [0.15, 0.2) is 23.4 Å². The molecule has 1 saturated heterocycles. The highest BCUT2D eigenvalue weighted by Crippen LogP contribution is 2.62. The number of Topliss-reactive ketones (excluding diaryl/α,β-unsaturated/α-hetero) is 1. The van der Waals surface area contributed by atoms with Crippen LogP contribution in [0.3, 0.4) is 0 Å². The monoisotopic (exact) mass is 311 g/mol. The quantitative estimate of drug-likeness (QED) is 0.794. The number of hydrogen-bond donors (Lipinski definition) is 0. The van der Waals surface area contributed by atoms with E-state index in [2.05, 4.69) is 0 Å². The molecule has 116 valence electrons. The molecule has 0 radical (unpaired) electrons. The molecule has 2 heterocycles.